The quantitative estimate of drug-likeness (QED) is 0.723. The summed E-state index contributed by atoms with van der Waals surface area (Å²) in [6.45, 7) is 0.513. The maximum absolute atomic E-state index is 11.4. The maximum atomic E-state index is 11.4. The van der Waals surface area contributed by atoms with Crippen LogP contribution >= 0.6 is 11.8 Å². The fraction of sp³-hybridized carbons (Fsp3) is 0.333. The average Bonchev–Trinajstić information content (AvgIpc) is 2.33. The number of rotatable bonds is 7. The van der Waals surface area contributed by atoms with Crippen LogP contribution in [-0.2, 0) is 16.1 Å². The smallest absolute Gasteiger partial charge is 0.304 e. The van der Waals surface area contributed by atoms with E-state index in [1.807, 2.05) is 30.3 Å². The van der Waals surface area contributed by atoms with E-state index in [-0.39, 0.29) is 12.3 Å². The lowest BCUT2D eigenvalue weighted by Crippen LogP contribution is -2.24. The number of hydrogen-bond acceptors (Lipinski definition) is 3. The lowest BCUT2D eigenvalue weighted by Gasteiger charge is -2.04. The van der Waals surface area contributed by atoms with Gasteiger partial charge in [0.2, 0.25) is 5.91 Å². The Balaban J connectivity index is 2.11. The van der Waals surface area contributed by atoms with Gasteiger partial charge in [-0.2, -0.15) is 11.8 Å². The number of nitrogens with one attached hydrogen (secondary N) is 1. The van der Waals surface area contributed by atoms with Crippen LogP contribution in [0.15, 0.2) is 30.3 Å². The number of carbonyl (C=O) groups is 2. The molecule has 0 aromatic heterocycles. The van der Waals surface area contributed by atoms with E-state index in [0.717, 1.165) is 5.56 Å². The van der Waals surface area contributed by atoms with Crippen molar-refractivity contribution in [1.29, 1.82) is 0 Å². The molecule has 0 saturated carbocycles. The molecule has 0 radical (unpaired) electrons. The van der Waals surface area contributed by atoms with Crippen molar-refractivity contribution in [2.24, 2.45) is 0 Å². The van der Waals surface area contributed by atoms with Gasteiger partial charge in [-0.1, -0.05) is 30.3 Å². The van der Waals surface area contributed by atoms with Gasteiger partial charge in [0.1, 0.15) is 0 Å². The van der Waals surface area contributed by atoms with Crippen molar-refractivity contribution in [3.63, 3.8) is 0 Å². The first kappa shape index (κ1) is 13.6. The van der Waals surface area contributed by atoms with Crippen LogP contribution in [0.2, 0.25) is 0 Å². The van der Waals surface area contributed by atoms with Crippen molar-refractivity contribution in [1.82, 2.24) is 5.32 Å². The number of amides is 1. The lowest BCUT2D eigenvalue weighted by molar-refractivity contribution is -0.136. The molecule has 0 fully saturated rings. The largest absolute Gasteiger partial charge is 0.481 e. The molecule has 1 aromatic rings. The molecule has 0 aliphatic heterocycles. The highest BCUT2D eigenvalue weighted by Gasteiger charge is 2.02. The van der Waals surface area contributed by atoms with Gasteiger partial charge in [0.15, 0.2) is 0 Å². The van der Waals surface area contributed by atoms with Gasteiger partial charge in [0, 0.05) is 12.3 Å². The highest BCUT2D eigenvalue weighted by molar-refractivity contribution is 7.99. The molecule has 0 aliphatic rings. The van der Waals surface area contributed by atoms with Crippen LogP contribution in [0, 0.1) is 0 Å². The van der Waals surface area contributed by atoms with E-state index in [2.05, 4.69) is 5.32 Å². The predicted molar refractivity (Wildman–Crippen MR) is 67.9 cm³/mol. The number of hydrogen-bond donors (Lipinski definition) is 2. The molecule has 4 nitrogen and oxygen atoms in total. The molecule has 17 heavy (non-hydrogen) atoms. The van der Waals surface area contributed by atoms with Crippen molar-refractivity contribution in [2.75, 3.05) is 11.5 Å². The Kier molecular flexibility index (Phi) is 6.17. The highest BCUT2D eigenvalue weighted by Crippen LogP contribution is 2.02. The molecular formula is C12H15NO3S. The summed E-state index contributed by atoms with van der Waals surface area (Å²) in [5.41, 5.74) is 1.05. The molecule has 1 aromatic carbocycles. The molecular weight excluding hydrogens is 238 g/mol. The van der Waals surface area contributed by atoms with Crippen molar-refractivity contribution >= 4 is 23.6 Å². The van der Waals surface area contributed by atoms with Crippen LogP contribution in [0.25, 0.3) is 0 Å². The lowest BCUT2D eigenvalue weighted by atomic mass is 10.2. The third-order valence-electron chi connectivity index (χ3n) is 2.03. The minimum atomic E-state index is -0.831. The normalized spacial score (nSPS) is 9.88. The van der Waals surface area contributed by atoms with Gasteiger partial charge in [0.05, 0.1) is 12.2 Å². The number of carboxylic acid groups (broad SMARTS) is 1. The van der Waals surface area contributed by atoms with Crippen molar-refractivity contribution < 1.29 is 14.7 Å². The van der Waals surface area contributed by atoms with Crippen LogP contribution in [0.4, 0.5) is 0 Å². The molecule has 0 saturated heterocycles. The Morgan fingerprint density at radius 1 is 1.24 bits per heavy atom. The summed E-state index contributed by atoms with van der Waals surface area (Å²) in [5, 5.41) is 11.2. The van der Waals surface area contributed by atoms with E-state index >= 15 is 0 Å². The van der Waals surface area contributed by atoms with Gasteiger partial charge >= 0.3 is 5.97 Å². The van der Waals surface area contributed by atoms with E-state index < -0.39 is 5.97 Å². The molecule has 0 atom stereocenters. The molecule has 0 spiro atoms. The van der Waals surface area contributed by atoms with Crippen LogP contribution in [-0.4, -0.2) is 28.5 Å². The molecule has 1 amide bonds. The molecule has 0 heterocycles. The number of benzene rings is 1. The second kappa shape index (κ2) is 7.73. The standard InChI is InChI=1S/C12H15NO3S/c14-11(9-17-7-6-12(15)16)13-8-10-4-2-1-3-5-10/h1-5H,6-9H2,(H,13,14)(H,15,16). The first-order valence-corrected chi connectivity index (χ1v) is 6.44. The predicted octanol–water partition coefficient (Wildman–Crippen LogP) is 1.51. The molecule has 0 bridgehead atoms. The van der Waals surface area contributed by atoms with Crippen LogP contribution in [0.5, 0.6) is 0 Å². The Bertz CT molecular complexity index is 367. The molecule has 2 N–H and O–H groups in total. The van der Waals surface area contributed by atoms with Crippen molar-refractivity contribution in [2.45, 2.75) is 13.0 Å². The third kappa shape index (κ3) is 6.63. The van der Waals surface area contributed by atoms with Crippen molar-refractivity contribution in [3.05, 3.63) is 35.9 Å². The summed E-state index contributed by atoms with van der Waals surface area (Å²) < 4.78 is 0. The topological polar surface area (TPSA) is 66.4 Å². The SMILES string of the molecule is O=C(O)CCSCC(=O)NCc1ccccc1. The monoisotopic (exact) mass is 253 g/mol. The molecule has 0 unspecified atom stereocenters. The first-order valence-electron chi connectivity index (χ1n) is 5.28. The maximum Gasteiger partial charge on any atom is 0.304 e. The number of aliphatic carboxylic acids is 1. The van der Waals surface area contributed by atoms with Gasteiger partial charge in [-0.05, 0) is 5.56 Å². The van der Waals surface area contributed by atoms with Gasteiger partial charge < -0.3 is 10.4 Å². The minimum absolute atomic E-state index is 0.0655. The second-order valence-electron chi connectivity index (χ2n) is 3.46. The van der Waals surface area contributed by atoms with Crippen LogP contribution in [0.3, 0.4) is 0 Å². The Labute approximate surface area is 104 Å². The number of carboxylic acids is 1. The zero-order valence-corrected chi connectivity index (χ0v) is 10.2. The van der Waals surface area contributed by atoms with Crippen LogP contribution in [0.1, 0.15) is 12.0 Å². The van der Waals surface area contributed by atoms with Crippen molar-refractivity contribution in [3.8, 4) is 0 Å². The van der Waals surface area contributed by atoms with Gasteiger partial charge in [-0.15, -0.1) is 0 Å². The number of carbonyl (C=O) groups excluding carboxylic acids is 1. The van der Waals surface area contributed by atoms with E-state index in [0.29, 0.717) is 18.1 Å². The summed E-state index contributed by atoms with van der Waals surface area (Å²) in [5.74, 6) is -0.125. The molecule has 92 valence electrons. The molecule has 0 aliphatic carbocycles. The van der Waals surface area contributed by atoms with Gasteiger partial charge in [-0.25, -0.2) is 0 Å². The molecule has 1 rings (SSSR count). The van der Waals surface area contributed by atoms with E-state index in [1.165, 1.54) is 11.8 Å². The second-order valence-corrected chi connectivity index (χ2v) is 4.56. The first-order chi connectivity index (χ1) is 8.18. The summed E-state index contributed by atoms with van der Waals surface area (Å²) in [7, 11) is 0. The fourth-order valence-corrected chi connectivity index (χ4v) is 1.92. The summed E-state index contributed by atoms with van der Waals surface area (Å²) in [4.78, 5) is 21.6. The van der Waals surface area contributed by atoms with Gasteiger partial charge in [-0.3, -0.25) is 9.59 Å². The summed E-state index contributed by atoms with van der Waals surface area (Å²) >= 11 is 1.33. The Hall–Kier alpha value is -1.49. The van der Waals surface area contributed by atoms with Gasteiger partial charge in [0.25, 0.3) is 0 Å². The minimum Gasteiger partial charge on any atom is -0.481 e. The Morgan fingerprint density at radius 3 is 2.59 bits per heavy atom. The fourth-order valence-electron chi connectivity index (χ4n) is 1.17. The molecule has 5 heteroatoms. The van der Waals surface area contributed by atoms with E-state index in [4.69, 9.17) is 5.11 Å². The zero-order chi connectivity index (χ0) is 12.5. The number of thioether (sulfide) groups is 1. The Morgan fingerprint density at radius 2 is 1.94 bits per heavy atom. The van der Waals surface area contributed by atoms with E-state index in [9.17, 15) is 9.59 Å². The average molecular weight is 253 g/mol. The van der Waals surface area contributed by atoms with Crippen LogP contribution < -0.4 is 5.32 Å². The third-order valence-corrected chi connectivity index (χ3v) is 2.99. The summed E-state index contributed by atoms with van der Waals surface area (Å²) in [6.07, 6.45) is 0.0939. The summed E-state index contributed by atoms with van der Waals surface area (Å²) in [6, 6.07) is 9.65. The zero-order valence-electron chi connectivity index (χ0n) is 9.39. The van der Waals surface area contributed by atoms with E-state index in [1.54, 1.807) is 0 Å². The highest BCUT2D eigenvalue weighted by atomic mass is 32.2.